The molecule has 0 saturated heterocycles. The molecule has 0 fully saturated rings. The molecule has 0 aliphatic rings. The molecular formula is C7HBrF3IN2O. The molecular weight excluding hydrogens is 392 g/mol. The molecule has 1 rings (SSSR count). The Labute approximate surface area is 105 Å². The number of hydrogen-bond donors (Lipinski definition) is 0. The van der Waals surface area contributed by atoms with Gasteiger partial charge in [-0.05, 0) is 38.5 Å². The SMILES string of the molecule is N#Cc1c(I)ncc(OC(F)(F)F)c1Br. The highest BCUT2D eigenvalue weighted by Gasteiger charge is 2.32. The number of rotatable bonds is 1. The van der Waals surface area contributed by atoms with Crippen molar-refractivity contribution in [3.05, 3.63) is 19.9 Å². The first-order chi connectivity index (χ1) is 6.85. The zero-order valence-electron chi connectivity index (χ0n) is 6.77. The fraction of sp³-hybridized carbons (Fsp3) is 0.143. The van der Waals surface area contributed by atoms with Crippen molar-refractivity contribution in [2.45, 2.75) is 6.36 Å². The van der Waals surface area contributed by atoms with Crippen molar-refractivity contribution in [3.63, 3.8) is 0 Å². The van der Waals surface area contributed by atoms with E-state index in [1.54, 1.807) is 28.7 Å². The van der Waals surface area contributed by atoms with Gasteiger partial charge in [0.1, 0.15) is 15.3 Å². The van der Waals surface area contributed by atoms with Crippen molar-refractivity contribution in [3.8, 4) is 11.8 Å². The van der Waals surface area contributed by atoms with Crippen molar-refractivity contribution in [2.24, 2.45) is 0 Å². The molecule has 0 bridgehead atoms. The second kappa shape index (κ2) is 4.52. The summed E-state index contributed by atoms with van der Waals surface area (Å²) in [5, 5.41) is 8.66. The molecule has 0 aliphatic carbocycles. The Morgan fingerprint density at radius 3 is 2.60 bits per heavy atom. The molecule has 0 unspecified atom stereocenters. The summed E-state index contributed by atoms with van der Waals surface area (Å²) >= 11 is 4.59. The Hall–Kier alpha value is -0.560. The van der Waals surface area contributed by atoms with Gasteiger partial charge in [0.15, 0.2) is 5.75 Å². The van der Waals surface area contributed by atoms with E-state index >= 15 is 0 Å². The Kier molecular flexibility index (Phi) is 3.77. The van der Waals surface area contributed by atoms with Gasteiger partial charge in [-0.1, -0.05) is 0 Å². The van der Waals surface area contributed by atoms with Gasteiger partial charge in [-0.15, -0.1) is 13.2 Å². The first-order valence-electron chi connectivity index (χ1n) is 3.35. The van der Waals surface area contributed by atoms with Gasteiger partial charge in [0.05, 0.1) is 10.7 Å². The standard InChI is InChI=1S/C7HBrF3IN2O/c8-5-3(1-13)6(12)14-2-4(5)15-7(9,10)11/h2H. The summed E-state index contributed by atoms with van der Waals surface area (Å²) in [7, 11) is 0. The van der Waals surface area contributed by atoms with Crippen LogP contribution in [0, 0.1) is 15.0 Å². The van der Waals surface area contributed by atoms with Gasteiger partial charge >= 0.3 is 6.36 Å². The van der Waals surface area contributed by atoms with Crippen LogP contribution in [0.25, 0.3) is 0 Å². The molecule has 1 aromatic heterocycles. The van der Waals surface area contributed by atoms with E-state index in [0.717, 1.165) is 6.20 Å². The summed E-state index contributed by atoms with van der Waals surface area (Å²) in [5.41, 5.74) is 0.0114. The summed E-state index contributed by atoms with van der Waals surface area (Å²) in [6, 6.07) is 1.73. The molecule has 1 heterocycles. The van der Waals surface area contributed by atoms with Gasteiger partial charge < -0.3 is 4.74 Å². The molecule has 0 aliphatic heterocycles. The van der Waals surface area contributed by atoms with Gasteiger partial charge in [0.25, 0.3) is 0 Å². The molecule has 0 saturated carbocycles. The summed E-state index contributed by atoms with van der Waals surface area (Å²) in [5.74, 6) is -0.528. The van der Waals surface area contributed by atoms with Crippen LogP contribution in [-0.4, -0.2) is 11.3 Å². The lowest BCUT2D eigenvalue weighted by molar-refractivity contribution is -0.275. The lowest BCUT2D eigenvalue weighted by Gasteiger charge is -2.10. The zero-order chi connectivity index (χ0) is 11.6. The first kappa shape index (κ1) is 12.5. The molecule has 80 valence electrons. The van der Waals surface area contributed by atoms with Gasteiger partial charge in [-0.25, -0.2) is 4.98 Å². The highest BCUT2D eigenvalue weighted by Crippen LogP contribution is 2.33. The van der Waals surface area contributed by atoms with Crippen LogP contribution in [-0.2, 0) is 0 Å². The van der Waals surface area contributed by atoms with Crippen LogP contribution >= 0.6 is 38.5 Å². The van der Waals surface area contributed by atoms with Crippen LogP contribution in [0.2, 0.25) is 0 Å². The summed E-state index contributed by atoms with van der Waals surface area (Å²) in [6.45, 7) is 0. The Morgan fingerprint density at radius 2 is 2.13 bits per heavy atom. The molecule has 15 heavy (non-hydrogen) atoms. The average Bonchev–Trinajstić information content (AvgIpc) is 2.09. The zero-order valence-corrected chi connectivity index (χ0v) is 10.5. The van der Waals surface area contributed by atoms with E-state index in [9.17, 15) is 13.2 Å². The molecule has 0 aromatic carbocycles. The summed E-state index contributed by atoms with van der Waals surface area (Å²) in [4.78, 5) is 3.60. The minimum atomic E-state index is -4.80. The van der Waals surface area contributed by atoms with Crippen LogP contribution in [0.15, 0.2) is 10.7 Å². The molecule has 0 N–H and O–H groups in total. The number of alkyl halides is 3. The van der Waals surface area contributed by atoms with Crippen molar-refractivity contribution in [1.82, 2.24) is 4.98 Å². The van der Waals surface area contributed by atoms with Gasteiger partial charge in [0.2, 0.25) is 0 Å². The van der Waals surface area contributed by atoms with Gasteiger partial charge in [-0.2, -0.15) is 5.26 Å². The molecule has 0 spiro atoms. The van der Waals surface area contributed by atoms with Crippen molar-refractivity contribution < 1.29 is 17.9 Å². The van der Waals surface area contributed by atoms with Crippen LogP contribution in [0.3, 0.4) is 0 Å². The first-order valence-corrected chi connectivity index (χ1v) is 5.22. The Balaban J connectivity index is 3.18. The summed E-state index contributed by atoms with van der Waals surface area (Å²) in [6.07, 6.45) is -3.90. The fourth-order valence-corrected chi connectivity index (χ4v) is 2.10. The van der Waals surface area contributed by atoms with E-state index in [2.05, 4.69) is 25.7 Å². The topological polar surface area (TPSA) is 45.9 Å². The lowest BCUT2D eigenvalue weighted by atomic mass is 10.3. The Morgan fingerprint density at radius 1 is 1.53 bits per heavy atom. The van der Waals surface area contributed by atoms with Gasteiger partial charge in [-0.3, -0.25) is 0 Å². The van der Waals surface area contributed by atoms with Crippen molar-refractivity contribution in [2.75, 3.05) is 0 Å². The monoisotopic (exact) mass is 392 g/mol. The molecule has 0 radical (unpaired) electrons. The normalized spacial score (nSPS) is 10.9. The predicted octanol–water partition coefficient (Wildman–Crippen LogP) is 3.22. The molecule has 0 atom stereocenters. The van der Waals surface area contributed by atoms with Crippen molar-refractivity contribution in [1.29, 1.82) is 5.26 Å². The van der Waals surface area contributed by atoms with Gasteiger partial charge in [0, 0.05) is 0 Å². The maximum atomic E-state index is 11.9. The van der Waals surface area contributed by atoms with E-state index in [1.807, 2.05) is 0 Å². The maximum absolute atomic E-state index is 11.9. The lowest BCUT2D eigenvalue weighted by Crippen LogP contribution is -2.18. The molecule has 3 nitrogen and oxygen atoms in total. The van der Waals surface area contributed by atoms with E-state index in [1.165, 1.54) is 0 Å². The Bertz CT molecular complexity index is 429. The van der Waals surface area contributed by atoms with E-state index in [4.69, 9.17) is 5.26 Å². The number of halogens is 5. The summed E-state index contributed by atoms with van der Waals surface area (Å²) < 4.78 is 39.6. The van der Waals surface area contributed by atoms with Crippen LogP contribution in [0.5, 0.6) is 5.75 Å². The average molecular weight is 393 g/mol. The highest BCUT2D eigenvalue weighted by molar-refractivity contribution is 14.1. The molecule has 0 amide bonds. The molecule has 1 aromatic rings. The third-order valence-corrected chi connectivity index (χ3v) is 2.88. The minimum Gasteiger partial charge on any atom is -0.403 e. The predicted molar refractivity (Wildman–Crippen MR) is 56.1 cm³/mol. The van der Waals surface area contributed by atoms with Crippen LogP contribution < -0.4 is 4.74 Å². The smallest absolute Gasteiger partial charge is 0.403 e. The van der Waals surface area contributed by atoms with Crippen LogP contribution in [0.1, 0.15) is 5.56 Å². The second-order valence-corrected chi connectivity index (χ2v) is 4.08. The third-order valence-electron chi connectivity index (χ3n) is 1.27. The van der Waals surface area contributed by atoms with E-state index in [-0.39, 0.29) is 10.0 Å². The molecule has 8 heteroatoms. The maximum Gasteiger partial charge on any atom is 0.573 e. The quantitative estimate of drug-likeness (QED) is 0.544. The highest BCUT2D eigenvalue weighted by atomic mass is 127. The minimum absolute atomic E-state index is 0.0114. The van der Waals surface area contributed by atoms with E-state index < -0.39 is 12.1 Å². The van der Waals surface area contributed by atoms with E-state index in [0.29, 0.717) is 3.70 Å². The van der Waals surface area contributed by atoms with Crippen molar-refractivity contribution >= 4 is 38.5 Å². The number of aromatic nitrogens is 1. The third kappa shape index (κ3) is 3.20. The number of pyridine rings is 1. The van der Waals surface area contributed by atoms with Crippen LogP contribution in [0.4, 0.5) is 13.2 Å². The fourth-order valence-electron chi connectivity index (χ4n) is 0.741. The number of nitrogens with zero attached hydrogens (tertiary/aromatic N) is 2. The number of hydrogen-bond acceptors (Lipinski definition) is 3. The number of ether oxygens (including phenoxy) is 1. The number of nitriles is 1. The second-order valence-electron chi connectivity index (χ2n) is 2.26. The largest absolute Gasteiger partial charge is 0.573 e.